The fourth-order valence-corrected chi connectivity index (χ4v) is 3.47. The van der Waals surface area contributed by atoms with Crippen molar-refractivity contribution in [2.24, 2.45) is 11.8 Å². The average molecular weight is 324 g/mol. The van der Waals surface area contributed by atoms with E-state index in [4.69, 9.17) is 0 Å². The third kappa shape index (κ3) is 3.13. The molecule has 2 fully saturated rings. The van der Waals surface area contributed by atoms with Crippen LogP contribution in [0.4, 0.5) is 13.2 Å². The van der Waals surface area contributed by atoms with E-state index in [9.17, 15) is 18.0 Å². The van der Waals surface area contributed by atoms with Crippen LogP contribution in [0.3, 0.4) is 0 Å². The number of likely N-dealkylation sites (tertiary alicyclic amines) is 1. The Bertz CT molecular complexity index is 599. The van der Waals surface area contributed by atoms with E-state index < -0.39 is 11.7 Å². The number of rotatable bonds is 4. The average Bonchev–Trinajstić information content (AvgIpc) is 2.96. The highest BCUT2D eigenvalue weighted by atomic mass is 19.4. The van der Waals surface area contributed by atoms with Gasteiger partial charge in [0.05, 0.1) is 5.56 Å². The summed E-state index contributed by atoms with van der Waals surface area (Å²) >= 11 is 0. The Morgan fingerprint density at radius 3 is 2.35 bits per heavy atom. The van der Waals surface area contributed by atoms with Crippen LogP contribution >= 0.6 is 0 Å². The number of nitrogens with zero attached hydrogens (tertiary/aromatic N) is 1. The quantitative estimate of drug-likeness (QED) is 0.864. The lowest BCUT2D eigenvalue weighted by molar-refractivity contribution is -0.137. The zero-order valence-electron chi connectivity index (χ0n) is 12.8. The Balaban J connectivity index is 1.58. The molecule has 3 rings (SSSR count). The summed E-state index contributed by atoms with van der Waals surface area (Å²) in [7, 11) is 0. The largest absolute Gasteiger partial charge is 0.416 e. The van der Waals surface area contributed by atoms with Crippen LogP contribution in [0.1, 0.15) is 24.1 Å². The second-order valence-electron chi connectivity index (χ2n) is 6.32. The highest BCUT2D eigenvalue weighted by Gasteiger charge is 2.56. The van der Waals surface area contributed by atoms with Crippen molar-refractivity contribution in [3.63, 3.8) is 0 Å². The van der Waals surface area contributed by atoms with Gasteiger partial charge in [0.2, 0.25) is 5.91 Å². The van der Waals surface area contributed by atoms with Crippen LogP contribution in [-0.4, -0.2) is 29.9 Å². The first-order valence-corrected chi connectivity index (χ1v) is 7.65. The normalized spacial score (nSPS) is 28.1. The monoisotopic (exact) mass is 324 g/mol. The van der Waals surface area contributed by atoms with Crippen molar-refractivity contribution in [1.82, 2.24) is 10.2 Å². The highest BCUT2D eigenvalue weighted by Crippen LogP contribution is 2.47. The van der Waals surface area contributed by atoms with Gasteiger partial charge in [-0.2, -0.15) is 13.2 Å². The van der Waals surface area contributed by atoms with E-state index in [1.54, 1.807) is 12.1 Å². The molecule has 1 aliphatic heterocycles. The molecule has 1 saturated carbocycles. The number of piperidine rings is 1. The molecule has 0 bridgehead atoms. The molecule has 1 amide bonds. The third-order valence-electron chi connectivity index (χ3n) is 4.98. The van der Waals surface area contributed by atoms with Gasteiger partial charge in [0.1, 0.15) is 0 Å². The van der Waals surface area contributed by atoms with Gasteiger partial charge in [-0.3, -0.25) is 9.69 Å². The van der Waals surface area contributed by atoms with Gasteiger partial charge in [0.25, 0.3) is 0 Å². The minimum atomic E-state index is -4.30. The topological polar surface area (TPSA) is 32.3 Å². The van der Waals surface area contributed by atoms with E-state index in [2.05, 4.69) is 16.8 Å². The van der Waals surface area contributed by atoms with Crippen LogP contribution in [0, 0.1) is 11.8 Å². The molecule has 2 aliphatic rings. The molecule has 1 heterocycles. The fourth-order valence-electron chi connectivity index (χ4n) is 3.47. The number of amides is 1. The maximum absolute atomic E-state index is 12.6. The Hall–Kier alpha value is -1.82. The molecule has 0 spiro atoms. The predicted molar refractivity (Wildman–Crippen MR) is 80.5 cm³/mol. The maximum Gasteiger partial charge on any atom is 0.416 e. The summed E-state index contributed by atoms with van der Waals surface area (Å²) in [5.74, 6) is 0.735. The minimum absolute atomic E-state index is 0.0702. The summed E-state index contributed by atoms with van der Waals surface area (Å²) in [5.41, 5.74) is 0.260. The first-order chi connectivity index (χ1) is 10.8. The van der Waals surface area contributed by atoms with E-state index >= 15 is 0 Å². The zero-order chi connectivity index (χ0) is 16.8. The van der Waals surface area contributed by atoms with Crippen LogP contribution in [0.5, 0.6) is 0 Å². The fraction of sp³-hybridized carbons (Fsp3) is 0.471. The first-order valence-electron chi connectivity index (χ1n) is 7.65. The van der Waals surface area contributed by atoms with Crippen molar-refractivity contribution >= 4 is 5.91 Å². The van der Waals surface area contributed by atoms with Crippen molar-refractivity contribution in [3.05, 3.63) is 48.0 Å². The Morgan fingerprint density at radius 2 is 1.87 bits per heavy atom. The number of benzene rings is 1. The van der Waals surface area contributed by atoms with Gasteiger partial charge >= 0.3 is 6.18 Å². The van der Waals surface area contributed by atoms with E-state index in [1.165, 1.54) is 6.08 Å². The Labute approximate surface area is 133 Å². The summed E-state index contributed by atoms with van der Waals surface area (Å²) in [6.07, 6.45) is -3.02. The van der Waals surface area contributed by atoms with Crippen LogP contribution in [0.25, 0.3) is 0 Å². The molecule has 1 N–H and O–H groups in total. The number of hydrogen-bond donors (Lipinski definition) is 1. The summed E-state index contributed by atoms with van der Waals surface area (Å²) in [5, 5.41) is 2.92. The molecule has 1 aromatic carbocycles. The molecule has 1 aliphatic carbocycles. The molecule has 124 valence electrons. The molecule has 0 radical (unpaired) electrons. The summed E-state index contributed by atoms with van der Waals surface area (Å²) in [4.78, 5) is 13.6. The minimum Gasteiger partial charge on any atom is -0.349 e. The summed E-state index contributed by atoms with van der Waals surface area (Å²) < 4.78 is 37.8. The molecule has 1 saturated heterocycles. The second kappa shape index (κ2) is 5.67. The number of alkyl halides is 3. The van der Waals surface area contributed by atoms with Crippen LogP contribution in [-0.2, 0) is 11.0 Å². The lowest BCUT2D eigenvalue weighted by atomic mass is 10.0. The van der Waals surface area contributed by atoms with Gasteiger partial charge in [-0.05, 0) is 42.5 Å². The van der Waals surface area contributed by atoms with Gasteiger partial charge in [0.15, 0.2) is 0 Å². The zero-order valence-corrected chi connectivity index (χ0v) is 12.8. The second-order valence-corrected chi connectivity index (χ2v) is 6.32. The molecular formula is C17H19F3N2O. The number of carbonyl (C=O) groups is 1. The van der Waals surface area contributed by atoms with Crippen molar-refractivity contribution in [2.45, 2.75) is 25.2 Å². The first kappa shape index (κ1) is 16.1. The Kier molecular flexibility index (Phi) is 3.96. The number of nitrogens with one attached hydrogen (secondary N) is 1. The van der Waals surface area contributed by atoms with E-state index in [0.717, 1.165) is 30.8 Å². The van der Waals surface area contributed by atoms with Gasteiger partial charge < -0.3 is 5.32 Å². The predicted octanol–water partition coefficient (Wildman–Crippen LogP) is 3.00. The third-order valence-corrected chi connectivity index (χ3v) is 4.98. The number of hydrogen-bond acceptors (Lipinski definition) is 2. The molecule has 3 nitrogen and oxygen atoms in total. The smallest absolute Gasteiger partial charge is 0.349 e. The molecule has 4 atom stereocenters. The number of fused-ring (bicyclic) bond motifs is 1. The lowest BCUT2D eigenvalue weighted by Crippen LogP contribution is -2.35. The number of carbonyl (C=O) groups excluding carboxylic acids is 1. The van der Waals surface area contributed by atoms with E-state index in [-0.39, 0.29) is 18.0 Å². The summed E-state index contributed by atoms with van der Waals surface area (Å²) in [6.45, 7) is 7.16. The molecule has 1 aromatic rings. The molecule has 2 unspecified atom stereocenters. The maximum atomic E-state index is 12.6. The molecule has 6 heteroatoms. The van der Waals surface area contributed by atoms with Gasteiger partial charge in [-0.1, -0.05) is 18.7 Å². The van der Waals surface area contributed by atoms with Crippen LogP contribution < -0.4 is 5.32 Å². The van der Waals surface area contributed by atoms with E-state index in [0.29, 0.717) is 11.8 Å². The highest BCUT2D eigenvalue weighted by molar-refractivity contribution is 5.87. The van der Waals surface area contributed by atoms with Crippen molar-refractivity contribution < 1.29 is 18.0 Å². The van der Waals surface area contributed by atoms with Crippen LogP contribution in [0.2, 0.25) is 0 Å². The van der Waals surface area contributed by atoms with Crippen molar-refractivity contribution in [1.29, 1.82) is 0 Å². The Morgan fingerprint density at radius 1 is 1.30 bits per heavy atom. The summed E-state index contributed by atoms with van der Waals surface area (Å²) in [6, 6.07) is 5.66. The number of halogens is 3. The van der Waals surface area contributed by atoms with Crippen LogP contribution in [0.15, 0.2) is 36.9 Å². The van der Waals surface area contributed by atoms with Gasteiger partial charge in [-0.15, -0.1) is 0 Å². The molecular weight excluding hydrogens is 305 g/mol. The van der Waals surface area contributed by atoms with Gasteiger partial charge in [0, 0.05) is 25.2 Å². The SMILES string of the molecule is C=CC(=O)NC1[C@H]2CN(C(C)c3ccc(C(F)(F)F)cc3)C[C@@H]12. The van der Waals surface area contributed by atoms with Gasteiger partial charge in [-0.25, -0.2) is 0 Å². The molecule has 0 aromatic heterocycles. The standard InChI is InChI=1S/C17H19F3N2O/c1-3-15(23)21-16-13-8-22(9-14(13)16)10(2)11-4-6-12(7-5-11)17(18,19)20/h3-7,10,13-14,16H,1,8-9H2,2H3,(H,21,23)/t10?,13-,14+,16?. The molecule has 23 heavy (non-hydrogen) atoms. The van der Waals surface area contributed by atoms with Crippen molar-refractivity contribution in [3.8, 4) is 0 Å². The van der Waals surface area contributed by atoms with Crippen molar-refractivity contribution in [2.75, 3.05) is 13.1 Å². The lowest BCUT2D eigenvalue weighted by Gasteiger charge is -2.27. The van der Waals surface area contributed by atoms with E-state index in [1.807, 2.05) is 6.92 Å².